The highest BCUT2D eigenvalue weighted by Crippen LogP contribution is 2.29. The van der Waals surface area contributed by atoms with Crippen LogP contribution in [0.3, 0.4) is 0 Å². The summed E-state index contributed by atoms with van der Waals surface area (Å²) in [6, 6.07) is 0.753. The lowest BCUT2D eigenvalue weighted by Gasteiger charge is -2.37. The number of rotatable bonds is 4. The Morgan fingerprint density at radius 3 is 2.30 bits per heavy atom. The maximum Gasteiger partial charge on any atom is 0.317 e. The fourth-order valence-corrected chi connectivity index (χ4v) is 3.40. The molecule has 0 aromatic heterocycles. The average Bonchev–Trinajstić information content (AvgIpc) is 2.88. The molecular formula is C18H35N3O2. The third-order valence-corrected chi connectivity index (χ3v) is 6.00. The van der Waals surface area contributed by atoms with Crippen LogP contribution in [-0.2, 0) is 0 Å². The number of amides is 2. The van der Waals surface area contributed by atoms with Crippen molar-refractivity contribution in [3.8, 4) is 0 Å². The van der Waals surface area contributed by atoms with Gasteiger partial charge in [-0.25, -0.2) is 4.79 Å². The summed E-state index contributed by atoms with van der Waals surface area (Å²) in [4.78, 5) is 17.0. The van der Waals surface area contributed by atoms with Gasteiger partial charge < -0.3 is 15.3 Å². The molecule has 2 fully saturated rings. The highest BCUT2D eigenvalue weighted by Gasteiger charge is 2.35. The highest BCUT2D eigenvalue weighted by molar-refractivity contribution is 5.74. The van der Waals surface area contributed by atoms with Crippen molar-refractivity contribution in [3.05, 3.63) is 0 Å². The second kappa shape index (κ2) is 7.39. The van der Waals surface area contributed by atoms with Crippen LogP contribution >= 0.6 is 0 Å². The van der Waals surface area contributed by atoms with E-state index < -0.39 is 5.60 Å². The van der Waals surface area contributed by atoms with Gasteiger partial charge in [0.05, 0.1) is 5.60 Å². The van der Waals surface area contributed by atoms with E-state index in [0.29, 0.717) is 6.54 Å². The van der Waals surface area contributed by atoms with Gasteiger partial charge in [0.25, 0.3) is 0 Å². The fraction of sp³-hybridized carbons (Fsp3) is 0.944. The van der Waals surface area contributed by atoms with Crippen LogP contribution in [0.1, 0.15) is 59.8 Å². The summed E-state index contributed by atoms with van der Waals surface area (Å²) in [5.41, 5.74) is -1.18. The van der Waals surface area contributed by atoms with Crippen molar-refractivity contribution in [3.63, 3.8) is 0 Å². The minimum atomic E-state index is -0.821. The zero-order chi connectivity index (χ0) is 17.1. The summed E-state index contributed by atoms with van der Waals surface area (Å²) in [6.45, 7) is 11.8. The highest BCUT2D eigenvalue weighted by atomic mass is 16.3. The molecule has 1 aliphatic heterocycles. The SMILES string of the molecule is CC(C)(O)C(C)(C)CNC(=O)N1CCCN(C2CCCC2)CC1. The predicted octanol–water partition coefficient (Wildman–Crippen LogP) is 2.44. The second-order valence-corrected chi connectivity index (χ2v) is 8.42. The number of nitrogens with zero attached hydrogens (tertiary/aromatic N) is 2. The quantitative estimate of drug-likeness (QED) is 0.835. The van der Waals surface area contributed by atoms with E-state index in [2.05, 4.69) is 10.2 Å². The summed E-state index contributed by atoms with van der Waals surface area (Å²) < 4.78 is 0. The Kier molecular flexibility index (Phi) is 5.95. The molecule has 0 aromatic rings. The Morgan fingerprint density at radius 1 is 1.04 bits per heavy atom. The molecule has 1 heterocycles. The maximum atomic E-state index is 12.5. The van der Waals surface area contributed by atoms with Gasteiger partial charge >= 0.3 is 6.03 Å². The van der Waals surface area contributed by atoms with Crippen molar-refractivity contribution in [1.82, 2.24) is 15.1 Å². The molecule has 2 amide bonds. The van der Waals surface area contributed by atoms with Gasteiger partial charge in [0.15, 0.2) is 0 Å². The van der Waals surface area contributed by atoms with Gasteiger partial charge in [-0.3, -0.25) is 4.90 Å². The number of aliphatic hydroxyl groups is 1. The standard InChI is InChI=1S/C18H35N3O2/c1-17(2,18(3,4)23)14-19-16(22)21-11-7-10-20(12-13-21)15-8-5-6-9-15/h15,23H,5-14H2,1-4H3,(H,19,22). The van der Waals surface area contributed by atoms with E-state index in [1.165, 1.54) is 25.7 Å². The lowest BCUT2D eigenvalue weighted by Crippen LogP contribution is -2.50. The van der Waals surface area contributed by atoms with E-state index in [4.69, 9.17) is 0 Å². The zero-order valence-electron chi connectivity index (χ0n) is 15.4. The van der Waals surface area contributed by atoms with Gasteiger partial charge in [0.2, 0.25) is 0 Å². The Bertz CT molecular complexity index is 398. The first-order chi connectivity index (χ1) is 10.7. The zero-order valence-corrected chi connectivity index (χ0v) is 15.4. The van der Waals surface area contributed by atoms with Crippen LogP contribution < -0.4 is 5.32 Å². The molecule has 5 nitrogen and oxygen atoms in total. The molecule has 23 heavy (non-hydrogen) atoms. The van der Waals surface area contributed by atoms with Crippen LogP contribution in [0, 0.1) is 5.41 Å². The average molecular weight is 325 g/mol. The van der Waals surface area contributed by atoms with E-state index in [1.807, 2.05) is 18.7 Å². The topological polar surface area (TPSA) is 55.8 Å². The first-order valence-electron chi connectivity index (χ1n) is 9.20. The molecule has 0 bridgehead atoms. The molecule has 0 aromatic carbocycles. The molecule has 2 rings (SSSR count). The molecule has 0 spiro atoms. The molecule has 0 radical (unpaired) electrons. The molecule has 2 aliphatic rings. The van der Waals surface area contributed by atoms with Gasteiger partial charge in [0, 0.05) is 44.2 Å². The van der Waals surface area contributed by atoms with E-state index in [1.54, 1.807) is 13.8 Å². The van der Waals surface area contributed by atoms with Crippen molar-refractivity contribution in [1.29, 1.82) is 0 Å². The number of carbonyl (C=O) groups excluding carboxylic acids is 1. The van der Waals surface area contributed by atoms with Crippen molar-refractivity contribution in [2.24, 2.45) is 5.41 Å². The summed E-state index contributed by atoms with van der Waals surface area (Å²) in [5.74, 6) is 0. The second-order valence-electron chi connectivity index (χ2n) is 8.42. The molecule has 1 aliphatic carbocycles. The fourth-order valence-electron chi connectivity index (χ4n) is 3.40. The van der Waals surface area contributed by atoms with Crippen molar-refractivity contribution < 1.29 is 9.90 Å². The molecule has 5 heteroatoms. The Morgan fingerprint density at radius 2 is 1.70 bits per heavy atom. The third kappa shape index (κ3) is 4.83. The minimum absolute atomic E-state index is 0.00981. The largest absolute Gasteiger partial charge is 0.390 e. The van der Waals surface area contributed by atoms with Crippen LogP contribution in [0.2, 0.25) is 0 Å². The monoisotopic (exact) mass is 325 g/mol. The van der Waals surface area contributed by atoms with Crippen molar-refractivity contribution in [2.75, 3.05) is 32.7 Å². The molecule has 134 valence electrons. The molecule has 1 saturated heterocycles. The van der Waals surface area contributed by atoms with E-state index in [0.717, 1.165) is 38.6 Å². The van der Waals surface area contributed by atoms with Crippen LogP contribution in [0.25, 0.3) is 0 Å². The number of hydrogen-bond acceptors (Lipinski definition) is 3. The van der Waals surface area contributed by atoms with Crippen LogP contribution in [0.5, 0.6) is 0 Å². The third-order valence-electron chi connectivity index (χ3n) is 6.00. The Balaban J connectivity index is 1.81. The summed E-state index contributed by atoms with van der Waals surface area (Å²) in [6.07, 6.45) is 6.42. The summed E-state index contributed by atoms with van der Waals surface area (Å²) in [5, 5.41) is 13.2. The smallest absolute Gasteiger partial charge is 0.317 e. The lowest BCUT2D eigenvalue weighted by molar-refractivity contribution is -0.0326. The number of hydrogen-bond donors (Lipinski definition) is 2. The van der Waals surface area contributed by atoms with Gasteiger partial charge in [-0.1, -0.05) is 26.7 Å². The normalized spacial score (nSPS) is 22.2. The van der Waals surface area contributed by atoms with Crippen LogP contribution in [-0.4, -0.2) is 65.3 Å². The van der Waals surface area contributed by atoms with Gasteiger partial charge in [-0.2, -0.15) is 0 Å². The van der Waals surface area contributed by atoms with Crippen LogP contribution in [0.4, 0.5) is 4.79 Å². The van der Waals surface area contributed by atoms with Crippen LogP contribution in [0.15, 0.2) is 0 Å². The lowest BCUT2D eigenvalue weighted by atomic mass is 9.77. The summed E-state index contributed by atoms with van der Waals surface area (Å²) >= 11 is 0. The van der Waals surface area contributed by atoms with E-state index >= 15 is 0 Å². The van der Waals surface area contributed by atoms with Gasteiger partial charge in [-0.05, 0) is 33.1 Å². The summed E-state index contributed by atoms with van der Waals surface area (Å²) in [7, 11) is 0. The van der Waals surface area contributed by atoms with E-state index in [9.17, 15) is 9.90 Å². The molecule has 0 unspecified atom stereocenters. The van der Waals surface area contributed by atoms with Crippen molar-refractivity contribution >= 4 is 6.03 Å². The molecular weight excluding hydrogens is 290 g/mol. The Labute approximate surface area is 141 Å². The van der Waals surface area contributed by atoms with Gasteiger partial charge in [-0.15, -0.1) is 0 Å². The first kappa shape index (κ1) is 18.5. The molecule has 2 N–H and O–H groups in total. The number of urea groups is 1. The minimum Gasteiger partial charge on any atom is -0.390 e. The van der Waals surface area contributed by atoms with Crippen molar-refractivity contribution in [2.45, 2.75) is 71.4 Å². The predicted molar refractivity (Wildman–Crippen MR) is 93.5 cm³/mol. The molecule has 0 atom stereocenters. The maximum absolute atomic E-state index is 12.5. The van der Waals surface area contributed by atoms with E-state index in [-0.39, 0.29) is 11.4 Å². The van der Waals surface area contributed by atoms with Gasteiger partial charge in [0.1, 0.15) is 0 Å². The number of carbonyl (C=O) groups is 1. The first-order valence-corrected chi connectivity index (χ1v) is 9.20. The molecule has 1 saturated carbocycles. The number of nitrogens with one attached hydrogen (secondary N) is 1. The Hall–Kier alpha value is -0.810.